The van der Waals surface area contributed by atoms with Crippen LogP contribution in [0, 0.1) is 0 Å². The van der Waals surface area contributed by atoms with Gasteiger partial charge in [-0.3, -0.25) is 4.79 Å². The molecule has 0 bridgehead atoms. The molecule has 0 saturated heterocycles. The molecule has 1 heterocycles. The molecule has 6 nitrogen and oxygen atoms in total. The molecule has 0 saturated carbocycles. The molecule has 1 aromatic heterocycles. The molecule has 3 N–H and O–H groups in total. The van der Waals surface area contributed by atoms with E-state index >= 15 is 0 Å². The van der Waals surface area contributed by atoms with Crippen LogP contribution in [0.1, 0.15) is 12.6 Å². The Balaban J connectivity index is 0.000000325. The van der Waals surface area contributed by atoms with Crippen LogP contribution in [0.5, 0.6) is 0 Å². The lowest BCUT2D eigenvalue weighted by Gasteiger charge is -1.90. The standard InChI is InChI=1S/C6H6N2O2.C5H9NO/c9-6(10)2-1-5-3-7-4-8-5;1-3-5(7)6-4-2/h1-4H,(H,7,8)(H,9,10);3H,1,4H2,2H3,(H,6,7). The molecule has 0 aliphatic carbocycles. The molecule has 0 spiro atoms. The highest BCUT2D eigenvalue weighted by Crippen LogP contribution is 1.92. The van der Waals surface area contributed by atoms with Crippen molar-refractivity contribution in [3.05, 3.63) is 36.9 Å². The van der Waals surface area contributed by atoms with E-state index in [0.717, 1.165) is 6.08 Å². The van der Waals surface area contributed by atoms with Gasteiger partial charge < -0.3 is 15.4 Å². The van der Waals surface area contributed by atoms with E-state index in [1.807, 2.05) is 6.92 Å². The van der Waals surface area contributed by atoms with Crippen molar-refractivity contribution in [3.8, 4) is 0 Å². The van der Waals surface area contributed by atoms with E-state index in [4.69, 9.17) is 5.11 Å². The molecular formula is C11H15N3O3. The van der Waals surface area contributed by atoms with Crippen LogP contribution >= 0.6 is 0 Å². The third kappa shape index (κ3) is 8.61. The SMILES string of the molecule is C=CC(=O)NCC.O=C(O)C=Cc1cnc[nH]1. The number of likely N-dealkylation sites (N-methyl/N-ethyl adjacent to an activating group) is 1. The van der Waals surface area contributed by atoms with Crippen LogP contribution < -0.4 is 5.32 Å². The van der Waals surface area contributed by atoms with Crippen LogP contribution in [0.4, 0.5) is 0 Å². The highest BCUT2D eigenvalue weighted by atomic mass is 16.4. The Morgan fingerprint density at radius 1 is 1.65 bits per heavy atom. The first-order valence-corrected chi connectivity index (χ1v) is 4.89. The number of carboxylic acid groups (broad SMARTS) is 1. The van der Waals surface area contributed by atoms with E-state index < -0.39 is 5.97 Å². The summed E-state index contributed by atoms with van der Waals surface area (Å²) in [6.07, 6.45) is 6.77. The Labute approximate surface area is 99.1 Å². The van der Waals surface area contributed by atoms with Crippen molar-refractivity contribution in [1.29, 1.82) is 0 Å². The van der Waals surface area contributed by atoms with Gasteiger partial charge >= 0.3 is 5.97 Å². The Bertz CT molecular complexity index is 383. The number of rotatable bonds is 4. The summed E-state index contributed by atoms with van der Waals surface area (Å²) >= 11 is 0. The van der Waals surface area contributed by atoms with Crippen molar-refractivity contribution in [3.63, 3.8) is 0 Å². The van der Waals surface area contributed by atoms with Gasteiger partial charge in [-0.25, -0.2) is 9.78 Å². The van der Waals surface area contributed by atoms with Gasteiger partial charge in [-0.2, -0.15) is 0 Å². The summed E-state index contributed by atoms with van der Waals surface area (Å²) in [5.41, 5.74) is 0.683. The zero-order valence-corrected chi connectivity index (χ0v) is 9.51. The van der Waals surface area contributed by atoms with Crippen LogP contribution in [-0.2, 0) is 9.59 Å². The van der Waals surface area contributed by atoms with Crippen LogP contribution in [0.2, 0.25) is 0 Å². The molecule has 0 atom stereocenters. The largest absolute Gasteiger partial charge is 0.478 e. The average Bonchev–Trinajstić information content (AvgIpc) is 2.80. The normalized spacial score (nSPS) is 9.24. The van der Waals surface area contributed by atoms with Gasteiger partial charge in [0.05, 0.1) is 18.2 Å². The molecule has 6 heteroatoms. The molecular weight excluding hydrogens is 222 g/mol. The second kappa shape index (κ2) is 8.90. The molecule has 0 aliphatic rings. The van der Waals surface area contributed by atoms with Crippen molar-refractivity contribution in [1.82, 2.24) is 15.3 Å². The summed E-state index contributed by atoms with van der Waals surface area (Å²) in [7, 11) is 0. The first kappa shape index (κ1) is 14.6. The number of aromatic amines is 1. The van der Waals surface area contributed by atoms with Crippen LogP contribution in [0.25, 0.3) is 6.08 Å². The fourth-order valence-electron chi connectivity index (χ4n) is 0.765. The van der Waals surface area contributed by atoms with Crippen molar-refractivity contribution < 1.29 is 14.7 Å². The summed E-state index contributed by atoms with van der Waals surface area (Å²) in [6, 6.07) is 0. The number of hydrogen-bond donors (Lipinski definition) is 3. The highest BCUT2D eigenvalue weighted by molar-refractivity contribution is 5.86. The number of carbonyl (C=O) groups excluding carboxylic acids is 1. The first-order chi connectivity index (χ1) is 8.10. The van der Waals surface area contributed by atoms with Crippen molar-refractivity contribution in [2.45, 2.75) is 6.92 Å². The van der Waals surface area contributed by atoms with E-state index in [9.17, 15) is 9.59 Å². The number of amides is 1. The molecule has 0 fully saturated rings. The summed E-state index contributed by atoms with van der Waals surface area (Å²) in [6.45, 7) is 5.80. The predicted octanol–water partition coefficient (Wildman–Crippen LogP) is 0.816. The van der Waals surface area contributed by atoms with Crippen molar-refractivity contribution in [2.75, 3.05) is 6.54 Å². The molecule has 0 aromatic carbocycles. The Morgan fingerprint density at radius 2 is 2.35 bits per heavy atom. The van der Waals surface area contributed by atoms with Gasteiger partial charge in [0.25, 0.3) is 0 Å². The third-order valence-corrected chi connectivity index (χ3v) is 1.46. The maximum atomic E-state index is 10.2. The molecule has 0 radical (unpaired) electrons. The van der Waals surface area contributed by atoms with E-state index in [0.29, 0.717) is 12.2 Å². The maximum absolute atomic E-state index is 10.2. The zero-order valence-electron chi connectivity index (χ0n) is 9.51. The highest BCUT2D eigenvalue weighted by Gasteiger charge is 1.87. The van der Waals surface area contributed by atoms with Gasteiger partial charge in [-0.1, -0.05) is 6.58 Å². The summed E-state index contributed by atoms with van der Waals surface area (Å²) < 4.78 is 0. The van der Waals surface area contributed by atoms with Crippen LogP contribution in [0.3, 0.4) is 0 Å². The minimum atomic E-state index is -0.963. The van der Waals surface area contributed by atoms with Crippen LogP contribution in [-0.4, -0.2) is 33.5 Å². The molecule has 0 unspecified atom stereocenters. The average molecular weight is 237 g/mol. The summed E-state index contributed by atoms with van der Waals surface area (Å²) in [4.78, 5) is 26.6. The molecule has 1 rings (SSSR count). The number of hydrogen-bond acceptors (Lipinski definition) is 3. The predicted molar refractivity (Wildman–Crippen MR) is 64.1 cm³/mol. The minimum Gasteiger partial charge on any atom is -0.478 e. The number of aliphatic carboxylic acids is 1. The number of nitrogens with zero attached hydrogens (tertiary/aromatic N) is 1. The second-order valence-electron chi connectivity index (χ2n) is 2.78. The summed E-state index contributed by atoms with van der Waals surface area (Å²) in [5, 5.41) is 10.7. The Morgan fingerprint density at radius 3 is 2.71 bits per heavy atom. The van der Waals surface area contributed by atoms with Crippen molar-refractivity contribution in [2.24, 2.45) is 0 Å². The number of carbonyl (C=O) groups is 2. The molecule has 1 aromatic rings. The number of nitrogens with one attached hydrogen (secondary N) is 2. The summed E-state index contributed by atoms with van der Waals surface area (Å²) in [5.74, 6) is -1.07. The van der Waals surface area contributed by atoms with Gasteiger partial charge in [-0.05, 0) is 19.1 Å². The number of H-pyrrole nitrogens is 1. The molecule has 0 aliphatic heterocycles. The Hall–Kier alpha value is -2.37. The van der Waals surface area contributed by atoms with Gasteiger partial charge in [0.15, 0.2) is 0 Å². The van der Waals surface area contributed by atoms with Gasteiger partial charge in [-0.15, -0.1) is 0 Å². The number of carboxylic acids is 1. The fourth-order valence-corrected chi connectivity index (χ4v) is 0.765. The van der Waals surface area contributed by atoms with Crippen LogP contribution in [0.15, 0.2) is 31.3 Å². The lowest BCUT2D eigenvalue weighted by Crippen LogP contribution is -2.19. The van der Waals surface area contributed by atoms with Crippen molar-refractivity contribution >= 4 is 18.0 Å². The maximum Gasteiger partial charge on any atom is 0.328 e. The minimum absolute atomic E-state index is 0.109. The molecule has 17 heavy (non-hydrogen) atoms. The van der Waals surface area contributed by atoms with E-state index in [1.54, 1.807) is 6.20 Å². The van der Waals surface area contributed by atoms with Gasteiger partial charge in [0, 0.05) is 12.6 Å². The lowest BCUT2D eigenvalue weighted by atomic mass is 10.4. The zero-order chi connectivity index (χ0) is 13.1. The first-order valence-electron chi connectivity index (χ1n) is 4.89. The van der Waals surface area contributed by atoms with Gasteiger partial charge in [0.1, 0.15) is 0 Å². The van der Waals surface area contributed by atoms with E-state index in [2.05, 4.69) is 21.9 Å². The third-order valence-electron chi connectivity index (χ3n) is 1.46. The van der Waals surface area contributed by atoms with E-state index in [-0.39, 0.29) is 5.91 Å². The quantitative estimate of drug-likeness (QED) is 0.675. The molecule has 92 valence electrons. The second-order valence-corrected chi connectivity index (χ2v) is 2.78. The smallest absolute Gasteiger partial charge is 0.328 e. The number of aromatic nitrogens is 2. The van der Waals surface area contributed by atoms with Gasteiger partial charge in [0.2, 0.25) is 5.91 Å². The topological polar surface area (TPSA) is 95.1 Å². The Kier molecular flexibility index (Phi) is 7.66. The number of imidazole rings is 1. The van der Waals surface area contributed by atoms with E-state index in [1.165, 1.54) is 18.5 Å². The molecule has 1 amide bonds. The fraction of sp³-hybridized carbons (Fsp3) is 0.182. The lowest BCUT2D eigenvalue weighted by molar-refractivity contribution is -0.131. The monoisotopic (exact) mass is 237 g/mol.